The first kappa shape index (κ1) is 16.4. The van der Waals surface area contributed by atoms with E-state index in [2.05, 4.69) is 72.3 Å². The van der Waals surface area contributed by atoms with Crippen LogP contribution in [0.15, 0.2) is 48.5 Å². The average Bonchev–Trinajstić information content (AvgIpc) is 3.27. The number of unbranched alkanes of at least 4 members (excludes halogenated alkanes) is 2. The van der Waals surface area contributed by atoms with E-state index >= 15 is 0 Å². The summed E-state index contributed by atoms with van der Waals surface area (Å²) >= 11 is 0. The highest BCUT2D eigenvalue weighted by Gasteiger charge is 2.20. The standard InChI is InChI=1S/C25H26N2/c1-3-5-6-13-19-23-18-12-8-10-15-21(18)26-24(23)16(4-2)22-17-11-7-9-14-20(17)27-25(19)22/h7-12,14-15,26-27H,3-6,13H2,1-2H3. The van der Waals surface area contributed by atoms with Crippen molar-refractivity contribution in [3.05, 3.63) is 59.7 Å². The molecule has 3 aromatic carbocycles. The summed E-state index contributed by atoms with van der Waals surface area (Å²) in [7, 11) is 0. The van der Waals surface area contributed by atoms with E-state index in [4.69, 9.17) is 0 Å². The van der Waals surface area contributed by atoms with Crippen molar-refractivity contribution in [1.29, 1.82) is 0 Å². The average molecular weight is 354 g/mol. The summed E-state index contributed by atoms with van der Waals surface area (Å²) in [6.07, 6.45) is 5.92. The maximum absolute atomic E-state index is 3.78. The Hall–Kier alpha value is -2.74. The molecule has 2 N–H and O–H groups in total. The van der Waals surface area contributed by atoms with E-state index in [0.29, 0.717) is 0 Å². The number of aromatic amines is 2. The van der Waals surface area contributed by atoms with Crippen LogP contribution in [0.25, 0.3) is 43.6 Å². The number of benzene rings is 3. The van der Waals surface area contributed by atoms with Crippen LogP contribution in [-0.4, -0.2) is 9.97 Å². The fraction of sp³-hybridized carbons (Fsp3) is 0.280. The highest BCUT2D eigenvalue weighted by Crippen LogP contribution is 2.41. The molecule has 0 aliphatic heterocycles. The fourth-order valence-corrected chi connectivity index (χ4v) is 4.77. The molecule has 2 heterocycles. The van der Waals surface area contributed by atoms with Gasteiger partial charge in [-0.15, -0.1) is 0 Å². The minimum atomic E-state index is 1.02. The molecule has 5 rings (SSSR count). The van der Waals surface area contributed by atoms with Crippen LogP contribution in [-0.2, 0) is 12.8 Å². The smallest absolute Gasteiger partial charge is 0.0508 e. The van der Waals surface area contributed by atoms with Crippen molar-refractivity contribution in [2.24, 2.45) is 0 Å². The number of hydrogen-bond donors (Lipinski definition) is 2. The minimum absolute atomic E-state index is 1.02. The van der Waals surface area contributed by atoms with E-state index in [1.807, 2.05) is 0 Å². The number of aromatic nitrogens is 2. The Morgan fingerprint density at radius 2 is 1.22 bits per heavy atom. The maximum atomic E-state index is 3.78. The van der Waals surface area contributed by atoms with Crippen molar-refractivity contribution < 1.29 is 0 Å². The van der Waals surface area contributed by atoms with Crippen LogP contribution < -0.4 is 0 Å². The molecule has 2 heteroatoms. The summed E-state index contributed by atoms with van der Waals surface area (Å²) in [5, 5.41) is 5.55. The first-order valence-electron chi connectivity index (χ1n) is 10.3. The van der Waals surface area contributed by atoms with Crippen molar-refractivity contribution in [2.75, 3.05) is 0 Å². The largest absolute Gasteiger partial charge is 0.354 e. The second-order valence-electron chi connectivity index (χ2n) is 7.61. The van der Waals surface area contributed by atoms with Gasteiger partial charge in [0, 0.05) is 32.6 Å². The van der Waals surface area contributed by atoms with Gasteiger partial charge in [-0.1, -0.05) is 63.1 Å². The Bertz CT molecular complexity index is 1260. The van der Waals surface area contributed by atoms with Gasteiger partial charge in [0.05, 0.1) is 11.0 Å². The summed E-state index contributed by atoms with van der Waals surface area (Å²) in [6, 6.07) is 17.5. The Morgan fingerprint density at radius 3 is 1.81 bits per heavy atom. The van der Waals surface area contributed by atoms with E-state index in [1.165, 1.54) is 74.0 Å². The predicted molar refractivity (Wildman–Crippen MR) is 118 cm³/mol. The predicted octanol–water partition coefficient (Wildman–Crippen LogP) is 7.25. The number of fused-ring (bicyclic) bond motifs is 6. The second-order valence-corrected chi connectivity index (χ2v) is 7.61. The van der Waals surface area contributed by atoms with Gasteiger partial charge in [-0.2, -0.15) is 0 Å². The zero-order valence-corrected chi connectivity index (χ0v) is 16.2. The molecule has 2 aromatic heterocycles. The number of para-hydroxylation sites is 2. The molecule has 0 atom stereocenters. The Morgan fingerprint density at radius 1 is 0.667 bits per heavy atom. The van der Waals surface area contributed by atoms with Gasteiger partial charge in [-0.3, -0.25) is 0 Å². The third kappa shape index (κ3) is 2.39. The van der Waals surface area contributed by atoms with E-state index in [1.54, 1.807) is 0 Å². The monoisotopic (exact) mass is 354 g/mol. The van der Waals surface area contributed by atoms with Crippen molar-refractivity contribution >= 4 is 43.6 Å². The van der Waals surface area contributed by atoms with E-state index in [9.17, 15) is 0 Å². The first-order chi connectivity index (χ1) is 13.3. The fourth-order valence-electron chi connectivity index (χ4n) is 4.77. The molecule has 0 aliphatic rings. The topological polar surface area (TPSA) is 31.6 Å². The normalized spacial score (nSPS) is 12.1. The molecule has 5 aromatic rings. The Labute approximate surface area is 159 Å². The Balaban J connectivity index is 1.98. The van der Waals surface area contributed by atoms with Crippen LogP contribution in [0.5, 0.6) is 0 Å². The van der Waals surface area contributed by atoms with Crippen LogP contribution in [0, 0.1) is 0 Å². The lowest BCUT2D eigenvalue weighted by Gasteiger charge is -2.11. The lowest BCUT2D eigenvalue weighted by atomic mass is 9.93. The SMILES string of the molecule is CCCCCc1c2[nH]c3ccccc3c2c(CC)c2[nH]c3ccccc3c12. The third-order valence-corrected chi connectivity index (χ3v) is 6.00. The van der Waals surface area contributed by atoms with E-state index < -0.39 is 0 Å². The molecule has 0 unspecified atom stereocenters. The number of aryl methyl sites for hydroxylation is 2. The minimum Gasteiger partial charge on any atom is -0.354 e. The molecular formula is C25H26N2. The van der Waals surface area contributed by atoms with Crippen LogP contribution in [0.3, 0.4) is 0 Å². The van der Waals surface area contributed by atoms with Crippen LogP contribution in [0.4, 0.5) is 0 Å². The molecule has 2 nitrogen and oxygen atoms in total. The van der Waals surface area contributed by atoms with E-state index in [0.717, 1.165) is 12.8 Å². The van der Waals surface area contributed by atoms with Gasteiger partial charge in [0.25, 0.3) is 0 Å². The van der Waals surface area contributed by atoms with Crippen molar-refractivity contribution in [1.82, 2.24) is 9.97 Å². The summed E-state index contributed by atoms with van der Waals surface area (Å²) in [4.78, 5) is 7.54. The first-order valence-corrected chi connectivity index (χ1v) is 10.3. The maximum Gasteiger partial charge on any atom is 0.0508 e. The van der Waals surface area contributed by atoms with Gasteiger partial charge >= 0.3 is 0 Å². The summed E-state index contributed by atoms with van der Waals surface area (Å²) < 4.78 is 0. The number of hydrogen-bond acceptors (Lipinski definition) is 0. The zero-order chi connectivity index (χ0) is 18.4. The highest BCUT2D eigenvalue weighted by atomic mass is 14.7. The molecule has 0 bridgehead atoms. The molecule has 0 spiro atoms. The molecule has 0 amide bonds. The lowest BCUT2D eigenvalue weighted by molar-refractivity contribution is 0.721. The number of nitrogens with one attached hydrogen (secondary N) is 2. The summed E-state index contributed by atoms with van der Waals surface area (Å²) in [5.74, 6) is 0. The molecule has 0 radical (unpaired) electrons. The molecule has 136 valence electrons. The van der Waals surface area contributed by atoms with Crippen molar-refractivity contribution in [3.63, 3.8) is 0 Å². The van der Waals surface area contributed by atoms with Crippen LogP contribution in [0.2, 0.25) is 0 Å². The van der Waals surface area contributed by atoms with Crippen molar-refractivity contribution in [2.45, 2.75) is 46.0 Å². The van der Waals surface area contributed by atoms with Gasteiger partial charge in [-0.05, 0) is 42.5 Å². The van der Waals surface area contributed by atoms with Gasteiger partial charge in [0.15, 0.2) is 0 Å². The zero-order valence-electron chi connectivity index (χ0n) is 16.2. The lowest BCUT2D eigenvalue weighted by Crippen LogP contribution is -1.94. The third-order valence-electron chi connectivity index (χ3n) is 6.00. The highest BCUT2D eigenvalue weighted by molar-refractivity contribution is 6.21. The van der Waals surface area contributed by atoms with Gasteiger partial charge in [0.2, 0.25) is 0 Å². The van der Waals surface area contributed by atoms with Gasteiger partial charge in [0.1, 0.15) is 0 Å². The molecule has 0 aliphatic carbocycles. The Kier molecular flexibility index (Phi) is 3.93. The van der Waals surface area contributed by atoms with Crippen LogP contribution >= 0.6 is 0 Å². The number of H-pyrrole nitrogens is 2. The molecule has 0 saturated carbocycles. The number of rotatable bonds is 5. The van der Waals surface area contributed by atoms with Crippen LogP contribution in [0.1, 0.15) is 44.2 Å². The summed E-state index contributed by atoms with van der Waals surface area (Å²) in [5.41, 5.74) is 8.10. The molecule has 0 saturated heterocycles. The van der Waals surface area contributed by atoms with Gasteiger partial charge < -0.3 is 9.97 Å². The molecule has 0 fully saturated rings. The summed E-state index contributed by atoms with van der Waals surface area (Å²) in [6.45, 7) is 4.55. The van der Waals surface area contributed by atoms with Crippen molar-refractivity contribution in [3.8, 4) is 0 Å². The van der Waals surface area contributed by atoms with Gasteiger partial charge in [-0.25, -0.2) is 0 Å². The molecular weight excluding hydrogens is 328 g/mol. The van der Waals surface area contributed by atoms with E-state index in [-0.39, 0.29) is 0 Å². The second kappa shape index (κ2) is 6.45. The molecule has 27 heavy (non-hydrogen) atoms. The quantitative estimate of drug-likeness (QED) is 0.311.